The maximum atomic E-state index is 13.0. The van der Waals surface area contributed by atoms with E-state index in [0.29, 0.717) is 23.8 Å². The highest BCUT2D eigenvalue weighted by atomic mass is 16.2. The number of terminal acetylenes is 1. The number of anilines is 3. The van der Waals surface area contributed by atoms with Crippen LogP contribution in [0, 0.1) is 12.3 Å². The molecule has 1 atom stereocenters. The Morgan fingerprint density at radius 2 is 2.19 bits per heavy atom. The van der Waals surface area contributed by atoms with Gasteiger partial charge in [-0.1, -0.05) is 6.07 Å². The number of urea groups is 1. The number of carbonyl (C=O) groups excluding carboxylic acids is 2. The monoisotopic (exact) mass is 361 g/mol. The fraction of sp³-hybridized carbons (Fsp3) is 0.300. The number of amides is 2. The molecule has 2 aliphatic rings. The zero-order valence-electron chi connectivity index (χ0n) is 14.8. The molecular weight excluding hydrogens is 342 g/mol. The van der Waals surface area contributed by atoms with Gasteiger partial charge in [0.2, 0.25) is 0 Å². The molecule has 2 aromatic heterocycles. The van der Waals surface area contributed by atoms with Gasteiger partial charge in [0.15, 0.2) is 11.6 Å². The number of fused-ring (bicyclic) bond motifs is 4. The Hall–Kier alpha value is -3.40. The van der Waals surface area contributed by atoms with Gasteiger partial charge in [-0.05, 0) is 30.7 Å². The van der Waals surface area contributed by atoms with Crippen LogP contribution in [0.1, 0.15) is 29.8 Å². The van der Waals surface area contributed by atoms with Crippen molar-refractivity contribution in [3.8, 4) is 12.3 Å². The summed E-state index contributed by atoms with van der Waals surface area (Å²) < 4.78 is 0. The summed E-state index contributed by atoms with van der Waals surface area (Å²) in [6.07, 6.45) is 8.34. The van der Waals surface area contributed by atoms with Crippen LogP contribution in [0.4, 0.5) is 22.1 Å². The lowest BCUT2D eigenvalue weighted by molar-refractivity contribution is 0.0979. The predicted octanol–water partition coefficient (Wildman–Crippen LogP) is 2.70. The Balaban J connectivity index is 1.66. The van der Waals surface area contributed by atoms with Gasteiger partial charge in [-0.15, -0.1) is 12.3 Å². The molecule has 2 aliphatic heterocycles. The third-order valence-electron chi connectivity index (χ3n) is 4.85. The van der Waals surface area contributed by atoms with Crippen molar-refractivity contribution in [2.75, 3.05) is 28.2 Å². The smallest absolute Gasteiger partial charge is 0.329 e. The maximum absolute atomic E-state index is 13.0. The molecule has 0 aromatic carbocycles. The lowest BCUT2D eigenvalue weighted by atomic mass is 10.1. The fourth-order valence-electron chi connectivity index (χ4n) is 3.55. The molecule has 2 amide bonds. The molecule has 1 N–H and O–H groups in total. The van der Waals surface area contributed by atoms with Crippen LogP contribution in [0.3, 0.4) is 0 Å². The molecule has 0 saturated carbocycles. The van der Waals surface area contributed by atoms with E-state index >= 15 is 0 Å². The van der Waals surface area contributed by atoms with Crippen molar-refractivity contribution in [3.05, 3.63) is 42.2 Å². The average molecular weight is 361 g/mol. The number of rotatable bonds is 4. The van der Waals surface area contributed by atoms with Gasteiger partial charge in [-0.3, -0.25) is 15.0 Å². The van der Waals surface area contributed by atoms with E-state index in [4.69, 9.17) is 6.42 Å². The summed E-state index contributed by atoms with van der Waals surface area (Å²) in [6, 6.07) is 8.64. The van der Waals surface area contributed by atoms with E-state index in [-0.39, 0.29) is 24.3 Å². The van der Waals surface area contributed by atoms with Gasteiger partial charge in [0.1, 0.15) is 11.5 Å². The lowest BCUT2D eigenvalue weighted by Crippen LogP contribution is -2.48. The number of ketones is 1. The molecule has 0 spiro atoms. The lowest BCUT2D eigenvalue weighted by Gasteiger charge is -2.35. The summed E-state index contributed by atoms with van der Waals surface area (Å²) in [5, 5.41) is 2.82. The van der Waals surface area contributed by atoms with Crippen molar-refractivity contribution in [3.63, 3.8) is 0 Å². The number of nitrogens with zero attached hydrogens (tertiary/aromatic N) is 4. The van der Waals surface area contributed by atoms with Crippen LogP contribution < -0.4 is 15.1 Å². The molecule has 7 nitrogen and oxygen atoms in total. The van der Waals surface area contributed by atoms with Crippen LogP contribution in [-0.4, -0.2) is 40.9 Å². The van der Waals surface area contributed by atoms with Crippen molar-refractivity contribution in [2.45, 2.75) is 25.3 Å². The minimum atomic E-state index is -0.290. The molecule has 7 heteroatoms. The molecule has 1 fully saturated rings. The zero-order chi connectivity index (χ0) is 18.8. The Morgan fingerprint density at radius 3 is 2.96 bits per heavy atom. The number of nitrogens with one attached hydrogen (secondary N) is 1. The average Bonchev–Trinajstić information content (AvgIpc) is 3.11. The minimum absolute atomic E-state index is 0.0183. The van der Waals surface area contributed by atoms with Crippen molar-refractivity contribution in [2.24, 2.45) is 0 Å². The van der Waals surface area contributed by atoms with Crippen LogP contribution >= 0.6 is 0 Å². The number of aromatic nitrogens is 2. The highest BCUT2D eigenvalue weighted by molar-refractivity contribution is 6.05. The third kappa shape index (κ3) is 3.22. The van der Waals surface area contributed by atoms with E-state index in [0.717, 1.165) is 25.2 Å². The Labute approximate surface area is 157 Å². The summed E-state index contributed by atoms with van der Waals surface area (Å²) in [5.41, 5.74) is 1.20. The molecule has 2 bridgehead atoms. The number of Topliss-reactive ketones (excluding diaryl/α,β-unsaturated/α-hetero) is 1. The summed E-state index contributed by atoms with van der Waals surface area (Å²) in [7, 11) is 0. The summed E-state index contributed by atoms with van der Waals surface area (Å²) in [6.45, 7) is 1.62. The number of hydrogen-bond acceptors (Lipinski definition) is 5. The summed E-state index contributed by atoms with van der Waals surface area (Å²) in [4.78, 5) is 37.9. The van der Waals surface area contributed by atoms with Crippen LogP contribution in [-0.2, 0) is 0 Å². The first-order valence-corrected chi connectivity index (χ1v) is 8.91. The second-order valence-electron chi connectivity index (χ2n) is 6.57. The van der Waals surface area contributed by atoms with Gasteiger partial charge in [0, 0.05) is 32.1 Å². The van der Waals surface area contributed by atoms with E-state index in [1.807, 2.05) is 12.1 Å². The molecule has 0 aliphatic carbocycles. The molecule has 1 saturated heterocycles. The molecule has 4 heterocycles. The Kier molecular flexibility index (Phi) is 4.47. The van der Waals surface area contributed by atoms with Gasteiger partial charge in [-0.25, -0.2) is 14.8 Å². The molecule has 4 rings (SSSR count). The van der Waals surface area contributed by atoms with Crippen LogP contribution in [0.2, 0.25) is 0 Å². The van der Waals surface area contributed by atoms with Gasteiger partial charge < -0.3 is 4.90 Å². The van der Waals surface area contributed by atoms with Gasteiger partial charge in [-0.2, -0.15) is 0 Å². The first-order chi connectivity index (χ1) is 13.2. The fourth-order valence-corrected chi connectivity index (χ4v) is 3.55. The zero-order valence-corrected chi connectivity index (χ0v) is 14.8. The molecule has 0 unspecified atom stereocenters. The number of pyridine rings is 2. The van der Waals surface area contributed by atoms with Gasteiger partial charge in [0.05, 0.1) is 11.7 Å². The largest absolute Gasteiger partial charge is 0.366 e. The predicted molar refractivity (Wildman–Crippen MR) is 103 cm³/mol. The standard InChI is InChI=1S/C20H19N5O2/c1-2-3-6-17(26)15-8-9-16-19(22-15)25(14-10-12-24(16)13-14)20(27)23-18-7-4-5-11-21-18/h1,4-5,7-9,11,14H,3,6,10,12-13H2,(H,21,23,27)/t14-/m0/s1. The maximum Gasteiger partial charge on any atom is 0.329 e. The van der Waals surface area contributed by atoms with Gasteiger partial charge in [0.25, 0.3) is 0 Å². The van der Waals surface area contributed by atoms with Crippen molar-refractivity contribution in [1.29, 1.82) is 0 Å². The number of carbonyl (C=O) groups is 2. The van der Waals surface area contributed by atoms with E-state index in [2.05, 4.69) is 26.1 Å². The highest BCUT2D eigenvalue weighted by Gasteiger charge is 2.40. The van der Waals surface area contributed by atoms with E-state index < -0.39 is 0 Å². The second kappa shape index (κ2) is 7.08. The normalized spacial score (nSPS) is 17.2. The van der Waals surface area contributed by atoms with Crippen molar-refractivity contribution < 1.29 is 9.59 Å². The molecule has 0 radical (unpaired) electrons. The topological polar surface area (TPSA) is 78.4 Å². The molecule has 2 aromatic rings. The van der Waals surface area contributed by atoms with E-state index in [1.54, 1.807) is 29.3 Å². The Morgan fingerprint density at radius 1 is 1.30 bits per heavy atom. The first-order valence-electron chi connectivity index (χ1n) is 8.91. The minimum Gasteiger partial charge on any atom is -0.366 e. The van der Waals surface area contributed by atoms with Crippen LogP contribution in [0.5, 0.6) is 0 Å². The van der Waals surface area contributed by atoms with Crippen LogP contribution in [0.25, 0.3) is 0 Å². The van der Waals surface area contributed by atoms with Crippen LogP contribution in [0.15, 0.2) is 36.5 Å². The Bertz CT molecular complexity index is 922. The van der Waals surface area contributed by atoms with Gasteiger partial charge >= 0.3 is 6.03 Å². The quantitative estimate of drug-likeness (QED) is 0.669. The SMILES string of the molecule is C#CCCC(=O)c1ccc2c(n1)N(C(=O)Nc1ccccn1)[C@H]1CCN2C1. The molecule has 136 valence electrons. The number of hydrogen-bond donors (Lipinski definition) is 1. The molecular formula is C20H19N5O2. The first kappa shape index (κ1) is 17.0. The van der Waals surface area contributed by atoms with E-state index in [9.17, 15) is 9.59 Å². The highest BCUT2D eigenvalue weighted by Crippen LogP contribution is 2.39. The third-order valence-corrected chi connectivity index (χ3v) is 4.85. The summed E-state index contributed by atoms with van der Waals surface area (Å²) in [5.74, 6) is 3.35. The second-order valence-corrected chi connectivity index (χ2v) is 6.57. The van der Waals surface area contributed by atoms with Crippen molar-refractivity contribution >= 4 is 29.1 Å². The van der Waals surface area contributed by atoms with Crippen molar-refractivity contribution in [1.82, 2.24) is 9.97 Å². The molecule has 27 heavy (non-hydrogen) atoms. The summed E-state index contributed by atoms with van der Waals surface area (Å²) >= 11 is 0. The van der Waals surface area contributed by atoms with E-state index in [1.165, 1.54) is 0 Å².